The lowest BCUT2D eigenvalue weighted by Crippen LogP contribution is -2.27. The van der Waals surface area contributed by atoms with Crippen LogP contribution in [0.25, 0.3) is 0 Å². The molecule has 0 bridgehead atoms. The fraction of sp³-hybridized carbons (Fsp3) is 0.562. The molecule has 3 heteroatoms. The average Bonchev–Trinajstić information content (AvgIpc) is 2.74. The van der Waals surface area contributed by atoms with Crippen LogP contribution in [0, 0.1) is 10.8 Å². The van der Waals surface area contributed by atoms with E-state index in [9.17, 15) is 0 Å². The van der Waals surface area contributed by atoms with Crippen LogP contribution in [0.1, 0.15) is 33.3 Å². The second-order valence-electron chi connectivity index (χ2n) is 7.54. The van der Waals surface area contributed by atoms with Crippen molar-refractivity contribution >= 4 is 23.7 Å². The Hall–Kier alpha value is -1.25. The molecule has 0 aliphatic carbocycles. The van der Waals surface area contributed by atoms with E-state index >= 15 is 0 Å². The van der Waals surface area contributed by atoms with Gasteiger partial charge in [0.25, 0.3) is 0 Å². The fourth-order valence-corrected chi connectivity index (χ4v) is 3.57. The second kappa shape index (κ2) is 3.88. The van der Waals surface area contributed by atoms with Gasteiger partial charge in [0.05, 0.1) is 5.69 Å². The fourth-order valence-electron chi connectivity index (χ4n) is 3.57. The molecule has 0 radical (unpaired) electrons. The number of nitrogens with two attached hydrogens (primary N) is 1. The van der Waals surface area contributed by atoms with Crippen molar-refractivity contribution in [3.8, 4) is 0 Å². The molecule has 0 saturated carbocycles. The molecule has 19 heavy (non-hydrogen) atoms. The summed E-state index contributed by atoms with van der Waals surface area (Å²) in [6, 6.07) is 6.76. The molecule has 1 saturated heterocycles. The molecule has 2 aliphatic heterocycles. The summed E-state index contributed by atoms with van der Waals surface area (Å²) in [5.41, 5.74) is 10.4. The average molecular weight is 254 g/mol. The number of nitrogens with zero attached hydrogens (tertiary/aromatic N) is 1. The first-order valence-corrected chi connectivity index (χ1v) is 7.24. The Bertz CT molecular complexity index is 542. The number of fused-ring (bicyclic) bond motifs is 1. The summed E-state index contributed by atoms with van der Waals surface area (Å²) in [5, 5.41) is 0. The second-order valence-corrected chi connectivity index (χ2v) is 7.54. The van der Waals surface area contributed by atoms with Gasteiger partial charge in [-0.25, -0.2) is 4.99 Å². The monoisotopic (exact) mass is 254 g/mol. The lowest BCUT2D eigenvalue weighted by molar-refractivity contribution is 0.177. The molecule has 2 nitrogen and oxygen atoms in total. The molecule has 3 rings (SSSR count). The minimum atomic E-state index is 0.402. The topological polar surface area (TPSA) is 38.4 Å². The summed E-state index contributed by atoms with van der Waals surface area (Å²) in [7, 11) is 0. The minimum absolute atomic E-state index is 0.402. The van der Waals surface area contributed by atoms with Gasteiger partial charge in [-0.3, -0.25) is 0 Å². The van der Waals surface area contributed by atoms with Crippen molar-refractivity contribution < 1.29 is 0 Å². The number of benzene rings is 1. The molecular formula is C16H23BN2. The molecule has 1 aromatic rings. The summed E-state index contributed by atoms with van der Waals surface area (Å²) in [6.07, 6.45) is 3.34. The van der Waals surface area contributed by atoms with Crippen LogP contribution in [0.2, 0.25) is 12.6 Å². The first kappa shape index (κ1) is 12.8. The van der Waals surface area contributed by atoms with Crippen molar-refractivity contribution in [2.24, 2.45) is 21.6 Å². The standard InChI is InChI=1S/C16H23BN2/c1-15(2)9-17(10-16(15,3)4)12-6-5-11-7-14(18)19-13(11)8-12/h5-6,8H,7,9-10H2,1-4H3,(H2,18,19). The highest BCUT2D eigenvalue weighted by Gasteiger charge is 2.48. The zero-order valence-corrected chi connectivity index (χ0v) is 12.5. The van der Waals surface area contributed by atoms with Gasteiger partial charge < -0.3 is 5.73 Å². The summed E-state index contributed by atoms with van der Waals surface area (Å²) < 4.78 is 0. The van der Waals surface area contributed by atoms with E-state index in [1.165, 1.54) is 23.7 Å². The number of hydrogen-bond donors (Lipinski definition) is 1. The van der Waals surface area contributed by atoms with Gasteiger partial charge in [-0.15, -0.1) is 0 Å². The largest absolute Gasteiger partial charge is 0.387 e. The van der Waals surface area contributed by atoms with Gasteiger partial charge in [0, 0.05) is 6.42 Å². The highest BCUT2D eigenvalue weighted by Crippen LogP contribution is 2.52. The van der Waals surface area contributed by atoms with Crippen LogP contribution in [0.15, 0.2) is 23.2 Å². The summed E-state index contributed by atoms with van der Waals surface area (Å²) >= 11 is 0. The van der Waals surface area contributed by atoms with Gasteiger partial charge in [0.2, 0.25) is 0 Å². The predicted molar refractivity (Wildman–Crippen MR) is 84.0 cm³/mol. The zero-order chi connectivity index (χ0) is 13.8. The molecule has 0 spiro atoms. The smallest absolute Gasteiger partial charge is 0.177 e. The van der Waals surface area contributed by atoms with Gasteiger partial charge in [-0.05, 0) is 22.5 Å². The number of rotatable bonds is 1. The van der Waals surface area contributed by atoms with Crippen molar-refractivity contribution in [2.75, 3.05) is 0 Å². The Kier molecular flexibility index (Phi) is 2.61. The van der Waals surface area contributed by atoms with Crippen LogP contribution in [0.5, 0.6) is 0 Å². The van der Waals surface area contributed by atoms with Crippen LogP contribution >= 0.6 is 0 Å². The Morgan fingerprint density at radius 1 is 1.11 bits per heavy atom. The Labute approximate surface area is 116 Å². The van der Waals surface area contributed by atoms with E-state index in [1.54, 1.807) is 0 Å². The highest BCUT2D eigenvalue weighted by atomic mass is 14.9. The van der Waals surface area contributed by atoms with E-state index in [-0.39, 0.29) is 0 Å². The van der Waals surface area contributed by atoms with Crippen LogP contribution in [0.3, 0.4) is 0 Å². The molecule has 2 aliphatic rings. The van der Waals surface area contributed by atoms with Crippen LogP contribution < -0.4 is 11.2 Å². The molecule has 1 fully saturated rings. The van der Waals surface area contributed by atoms with Crippen LogP contribution in [-0.2, 0) is 6.42 Å². The maximum atomic E-state index is 5.82. The number of amidine groups is 1. The third-order valence-corrected chi connectivity index (χ3v) is 5.56. The summed E-state index contributed by atoms with van der Waals surface area (Å²) in [4.78, 5) is 4.45. The van der Waals surface area contributed by atoms with Gasteiger partial charge in [-0.2, -0.15) is 0 Å². The molecule has 100 valence electrons. The molecule has 0 aromatic heterocycles. The minimum Gasteiger partial charge on any atom is -0.387 e. The molecule has 0 unspecified atom stereocenters. The highest BCUT2D eigenvalue weighted by molar-refractivity contribution is 6.74. The first-order valence-electron chi connectivity index (χ1n) is 7.24. The van der Waals surface area contributed by atoms with E-state index < -0.39 is 0 Å². The third-order valence-electron chi connectivity index (χ3n) is 5.56. The number of hydrogen-bond acceptors (Lipinski definition) is 2. The summed E-state index contributed by atoms with van der Waals surface area (Å²) in [6.45, 7) is 10.3. The van der Waals surface area contributed by atoms with E-state index in [0.717, 1.165) is 17.9 Å². The molecule has 0 amide bonds. The lowest BCUT2D eigenvalue weighted by atomic mass is 9.42. The van der Waals surface area contributed by atoms with Crippen molar-refractivity contribution in [2.45, 2.75) is 46.8 Å². The van der Waals surface area contributed by atoms with E-state index in [1.807, 2.05) is 0 Å². The van der Waals surface area contributed by atoms with Crippen molar-refractivity contribution in [3.05, 3.63) is 23.8 Å². The molecule has 2 N–H and O–H groups in total. The van der Waals surface area contributed by atoms with Crippen molar-refractivity contribution in [1.29, 1.82) is 0 Å². The van der Waals surface area contributed by atoms with E-state index in [2.05, 4.69) is 50.9 Å². The first-order chi connectivity index (χ1) is 8.78. The van der Waals surface area contributed by atoms with Crippen LogP contribution in [0.4, 0.5) is 5.69 Å². The van der Waals surface area contributed by atoms with Crippen molar-refractivity contribution in [1.82, 2.24) is 0 Å². The van der Waals surface area contributed by atoms with E-state index in [0.29, 0.717) is 17.5 Å². The maximum absolute atomic E-state index is 5.82. The lowest BCUT2D eigenvalue weighted by Gasteiger charge is -2.35. The Morgan fingerprint density at radius 3 is 2.37 bits per heavy atom. The van der Waals surface area contributed by atoms with Gasteiger partial charge in [0.15, 0.2) is 6.71 Å². The van der Waals surface area contributed by atoms with Gasteiger partial charge in [-0.1, -0.05) is 57.9 Å². The molecule has 2 heterocycles. The normalized spacial score (nSPS) is 23.4. The Balaban J connectivity index is 1.91. The molecular weight excluding hydrogens is 231 g/mol. The third kappa shape index (κ3) is 2.00. The van der Waals surface area contributed by atoms with Gasteiger partial charge in [0.1, 0.15) is 5.84 Å². The zero-order valence-electron chi connectivity index (χ0n) is 12.5. The molecule has 1 aromatic carbocycles. The van der Waals surface area contributed by atoms with Crippen molar-refractivity contribution in [3.63, 3.8) is 0 Å². The maximum Gasteiger partial charge on any atom is 0.177 e. The predicted octanol–water partition coefficient (Wildman–Crippen LogP) is 3.00. The SMILES string of the molecule is CC1(C)CB(c2ccc3c(c2)N=C(N)C3)CC1(C)C. The number of aliphatic imine (C=N–C) groups is 1. The summed E-state index contributed by atoms with van der Waals surface area (Å²) in [5.74, 6) is 0.749. The quantitative estimate of drug-likeness (QED) is 0.769. The molecule has 0 atom stereocenters. The van der Waals surface area contributed by atoms with Gasteiger partial charge >= 0.3 is 0 Å². The van der Waals surface area contributed by atoms with E-state index in [4.69, 9.17) is 5.73 Å². The Morgan fingerprint density at radius 2 is 1.74 bits per heavy atom. The van der Waals surface area contributed by atoms with Crippen LogP contribution in [-0.4, -0.2) is 12.5 Å².